The van der Waals surface area contributed by atoms with Crippen molar-refractivity contribution in [3.63, 3.8) is 0 Å². The van der Waals surface area contributed by atoms with Gasteiger partial charge in [-0.15, -0.1) is 5.10 Å². The second kappa shape index (κ2) is 10.5. The SMILES string of the molecule is Cc1cc(Nc2ncn(-c3cc(F)cc(F)c3)n2)cc(N2CCCCOCCOCC2)c1. The number of anilines is 3. The van der Waals surface area contributed by atoms with Crippen molar-refractivity contribution in [1.29, 1.82) is 0 Å². The van der Waals surface area contributed by atoms with Gasteiger partial charge in [0.25, 0.3) is 0 Å². The van der Waals surface area contributed by atoms with Crippen LogP contribution in [0.1, 0.15) is 18.4 Å². The fourth-order valence-electron chi connectivity index (χ4n) is 3.64. The topological polar surface area (TPSA) is 64.4 Å². The van der Waals surface area contributed by atoms with Crippen LogP contribution in [0.5, 0.6) is 0 Å². The van der Waals surface area contributed by atoms with E-state index in [2.05, 4.69) is 26.4 Å². The highest BCUT2D eigenvalue weighted by Gasteiger charge is 2.11. The molecule has 7 nitrogen and oxygen atoms in total. The van der Waals surface area contributed by atoms with Gasteiger partial charge >= 0.3 is 0 Å². The van der Waals surface area contributed by atoms with E-state index in [9.17, 15) is 8.78 Å². The summed E-state index contributed by atoms with van der Waals surface area (Å²) < 4.78 is 39.6. The number of hydrogen-bond donors (Lipinski definition) is 1. The Morgan fingerprint density at radius 3 is 2.44 bits per heavy atom. The minimum Gasteiger partial charge on any atom is -0.379 e. The second-order valence-electron chi connectivity index (χ2n) is 7.74. The molecule has 1 aliphatic heterocycles. The van der Waals surface area contributed by atoms with Crippen LogP contribution in [0.4, 0.5) is 26.1 Å². The summed E-state index contributed by atoms with van der Waals surface area (Å²) in [7, 11) is 0. The van der Waals surface area contributed by atoms with E-state index in [1.165, 1.54) is 23.1 Å². The molecule has 2 heterocycles. The van der Waals surface area contributed by atoms with Crippen LogP contribution in [0.15, 0.2) is 42.7 Å². The predicted molar refractivity (Wildman–Crippen MR) is 119 cm³/mol. The maximum atomic E-state index is 13.5. The lowest BCUT2D eigenvalue weighted by atomic mass is 10.1. The van der Waals surface area contributed by atoms with Crippen LogP contribution in [0.2, 0.25) is 0 Å². The number of benzene rings is 2. The first-order valence-electron chi connectivity index (χ1n) is 10.7. The van der Waals surface area contributed by atoms with Crippen molar-refractivity contribution in [2.75, 3.05) is 49.7 Å². The van der Waals surface area contributed by atoms with Crippen LogP contribution in [0.3, 0.4) is 0 Å². The van der Waals surface area contributed by atoms with Gasteiger partial charge in [0.05, 0.1) is 25.5 Å². The molecule has 0 atom stereocenters. The normalized spacial score (nSPS) is 15.9. The quantitative estimate of drug-likeness (QED) is 0.651. The van der Waals surface area contributed by atoms with E-state index in [4.69, 9.17) is 9.47 Å². The zero-order valence-electron chi connectivity index (χ0n) is 18.1. The van der Waals surface area contributed by atoms with Crippen molar-refractivity contribution in [3.8, 4) is 5.69 Å². The van der Waals surface area contributed by atoms with Crippen LogP contribution in [0.25, 0.3) is 5.69 Å². The smallest absolute Gasteiger partial charge is 0.246 e. The molecule has 3 aromatic rings. The first kappa shape index (κ1) is 22.2. The highest BCUT2D eigenvalue weighted by atomic mass is 19.1. The fourth-order valence-corrected chi connectivity index (χ4v) is 3.64. The number of ether oxygens (including phenoxy) is 2. The molecule has 0 radical (unpaired) electrons. The van der Waals surface area contributed by atoms with E-state index in [-0.39, 0.29) is 5.69 Å². The Morgan fingerprint density at radius 2 is 1.62 bits per heavy atom. The minimum atomic E-state index is -0.667. The van der Waals surface area contributed by atoms with Gasteiger partial charge in [-0.3, -0.25) is 0 Å². The van der Waals surface area contributed by atoms with Gasteiger partial charge in [-0.1, -0.05) is 0 Å². The maximum Gasteiger partial charge on any atom is 0.246 e. The van der Waals surface area contributed by atoms with E-state index in [1.807, 2.05) is 19.1 Å². The highest BCUT2D eigenvalue weighted by molar-refractivity contribution is 5.64. The molecular weight excluding hydrogens is 416 g/mol. The van der Waals surface area contributed by atoms with Crippen LogP contribution in [0, 0.1) is 18.6 Å². The molecule has 32 heavy (non-hydrogen) atoms. The molecule has 9 heteroatoms. The predicted octanol–water partition coefficient (Wildman–Crippen LogP) is 4.23. The lowest BCUT2D eigenvalue weighted by Crippen LogP contribution is -2.28. The average molecular weight is 443 g/mol. The minimum absolute atomic E-state index is 0.264. The third-order valence-corrected chi connectivity index (χ3v) is 5.13. The molecule has 2 aromatic carbocycles. The number of hydrogen-bond acceptors (Lipinski definition) is 6. The Morgan fingerprint density at radius 1 is 0.844 bits per heavy atom. The third-order valence-electron chi connectivity index (χ3n) is 5.13. The van der Waals surface area contributed by atoms with Gasteiger partial charge in [0.15, 0.2) is 0 Å². The first-order valence-corrected chi connectivity index (χ1v) is 10.7. The molecule has 1 N–H and O–H groups in total. The van der Waals surface area contributed by atoms with Gasteiger partial charge in [-0.2, -0.15) is 4.98 Å². The number of halogens is 2. The number of aromatic nitrogens is 3. The van der Waals surface area contributed by atoms with E-state index in [1.54, 1.807) is 0 Å². The first-order chi connectivity index (χ1) is 15.6. The Kier molecular flexibility index (Phi) is 7.28. The summed E-state index contributed by atoms with van der Waals surface area (Å²) in [5, 5.41) is 7.50. The third kappa shape index (κ3) is 6.02. The van der Waals surface area contributed by atoms with Gasteiger partial charge in [0.1, 0.15) is 18.0 Å². The summed E-state index contributed by atoms with van der Waals surface area (Å²) in [6.45, 7) is 6.37. The van der Waals surface area contributed by atoms with Gasteiger partial charge < -0.3 is 19.7 Å². The zero-order chi connectivity index (χ0) is 22.3. The molecular formula is C23H27F2N5O2. The molecule has 0 bridgehead atoms. The van der Waals surface area contributed by atoms with Crippen molar-refractivity contribution in [1.82, 2.24) is 14.8 Å². The molecule has 0 unspecified atom stereocenters. The van der Waals surface area contributed by atoms with E-state index in [0.29, 0.717) is 25.8 Å². The van der Waals surface area contributed by atoms with Crippen LogP contribution < -0.4 is 10.2 Å². The summed E-state index contributed by atoms with van der Waals surface area (Å²) in [6.07, 6.45) is 3.46. The van der Waals surface area contributed by atoms with Crippen LogP contribution >= 0.6 is 0 Å². The molecule has 4 rings (SSSR count). The Balaban J connectivity index is 1.50. The average Bonchev–Trinajstić information content (AvgIpc) is 3.18. The van der Waals surface area contributed by atoms with Gasteiger partial charge in [-0.05, 0) is 55.7 Å². The van der Waals surface area contributed by atoms with Crippen molar-refractivity contribution < 1.29 is 18.3 Å². The lowest BCUT2D eigenvalue weighted by molar-refractivity contribution is 0.0515. The van der Waals surface area contributed by atoms with Gasteiger partial charge in [0.2, 0.25) is 5.95 Å². The van der Waals surface area contributed by atoms with Crippen molar-refractivity contribution in [3.05, 3.63) is 59.9 Å². The van der Waals surface area contributed by atoms with Gasteiger partial charge in [-0.25, -0.2) is 13.5 Å². The molecule has 170 valence electrons. The highest BCUT2D eigenvalue weighted by Crippen LogP contribution is 2.25. The Bertz CT molecular complexity index is 1010. The van der Waals surface area contributed by atoms with E-state index >= 15 is 0 Å². The standard InChI is InChI=1S/C23H27F2N5O2/c1-17-10-20(15-21(11-17)29-4-2-3-6-31-8-9-32-7-5-29)27-23-26-16-30(28-23)22-13-18(24)12-19(25)14-22/h10-16H,2-9H2,1H3,(H,27,28). The lowest BCUT2D eigenvalue weighted by Gasteiger charge is -2.25. The molecule has 0 amide bonds. The Labute approximate surface area is 186 Å². The van der Waals surface area contributed by atoms with Crippen LogP contribution in [-0.4, -0.2) is 54.3 Å². The molecule has 1 fully saturated rings. The molecule has 1 saturated heterocycles. The molecule has 0 saturated carbocycles. The molecule has 0 aliphatic carbocycles. The van der Waals surface area contributed by atoms with E-state index < -0.39 is 11.6 Å². The summed E-state index contributed by atoms with van der Waals surface area (Å²) in [6, 6.07) is 9.42. The van der Waals surface area contributed by atoms with Crippen molar-refractivity contribution in [2.45, 2.75) is 19.8 Å². The van der Waals surface area contributed by atoms with E-state index in [0.717, 1.165) is 55.5 Å². The summed E-state index contributed by atoms with van der Waals surface area (Å²) in [4.78, 5) is 6.54. The fraction of sp³-hybridized carbons (Fsp3) is 0.391. The second-order valence-corrected chi connectivity index (χ2v) is 7.74. The van der Waals surface area contributed by atoms with Crippen molar-refractivity contribution in [2.24, 2.45) is 0 Å². The number of rotatable bonds is 4. The number of aryl methyl sites for hydroxylation is 1. The monoisotopic (exact) mass is 443 g/mol. The number of nitrogens with zero attached hydrogens (tertiary/aromatic N) is 4. The zero-order valence-corrected chi connectivity index (χ0v) is 18.1. The van der Waals surface area contributed by atoms with Crippen LogP contribution in [-0.2, 0) is 9.47 Å². The van der Waals surface area contributed by atoms with Gasteiger partial charge in [0, 0.05) is 37.1 Å². The molecule has 1 aliphatic rings. The largest absolute Gasteiger partial charge is 0.379 e. The molecule has 0 spiro atoms. The Hall–Kier alpha value is -3.04. The van der Waals surface area contributed by atoms with Crippen molar-refractivity contribution >= 4 is 17.3 Å². The summed E-state index contributed by atoms with van der Waals surface area (Å²) in [5.74, 6) is -0.997. The summed E-state index contributed by atoms with van der Waals surface area (Å²) >= 11 is 0. The number of nitrogens with one attached hydrogen (secondary N) is 1. The maximum absolute atomic E-state index is 13.5. The molecule has 1 aromatic heterocycles. The summed E-state index contributed by atoms with van der Waals surface area (Å²) in [5.41, 5.74) is 3.28.